The van der Waals surface area contributed by atoms with E-state index in [1.807, 2.05) is 0 Å². The molecule has 0 aromatic heterocycles. The summed E-state index contributed by atoms with van der Waals surface area (Å²) in [6, 6.07) is 0.297. The summed E-state index contributed by atoms with van der Waals surface area (Å²) in [6.07, 6.45) is 5.60. The van der Waals surface area contributed by atoms with Gasteiger partial charge in [-0.3, -0.25) is 9.59 Å². The molecule has 0 aromatic carbocycles. The van der Waals surface area contributed by atoms with Crippen LogP contribution in [0, 0.1) is 11.8 Å². The van der Waals surface area contributed by atoms with Gasteiger partial charge in [0.15, 0.2) is 0 Å². The van der Waals surface area contributed by atoms with Crippen molar-refractivity contribution in [2.45, 2.75) is 57.0 Å². The Labute approximate surface area is 107 Å². The van der Waals surface area contributed by atoms with Crippen molar-refractivity contribution in [2.24, 2.45) is 17.6 Å². The first-order valence-electron chi connectivity index (χ1n) is 6.85. The Kier molecular flexibility index (Phi) is 4.22. The molecule has 0 heterocycles. The highest BCUT2D eigenvalue weighted by Crippen LogP contribution is 2.27. The zero-order valence-corrected chi connectivity index (χ0v) is 10.6. The predicted molar refractivity (Wildman–Crippen MR) is 66.8 cm³/mol. The molecule has 5 heteroatoms. The van der Waals surface area contributed by atoms with Crippen LogP contribution in [0.5, 0.6) is 0 Å². The fraction of sp³-hybridized carbons (Fsp3) is 0.846. The number of nitrogens with one attached hydrogen (secondary N) is 1. The van der Waals surface area contributed by atoms with Crippen LogP contribution in [0.1, 0.15) is 44.9 Å². The molecule has 0 aromatic rings. The molecule has 0 saturated heterocycles. The fourth-order valence-corrected chi connectivity index (χ4v) is 3.04. The Morgan fingerprint density at radius 2 is 1.61 bits per heavy atom. The van der Waals surface area contributed by atoms with E-state index in [1.54, 1.807) is 0 Å². The maximum atomic E-state index is 12.0. The van der Waals surface area contributed by atoms with E-state index in [-0.39, 0.29) is 29.8 Å². The van der Waals surface area contributed by atoms with Gasteiger partial charge in [-0.25, -0.2) is 0 Å². The van der Waals surface area contributed by atoms with E-state index in [9.17, 15) is 9.59 Å². The molecular weight excluding hydrogens is 232 g/mol. The number of carbonyl (C=O) groups excluding carboxylic acids is 1. The van der Waals surface area contributed by atoms with Crippen molar-refractivity contribution in [3.63, 3.8) is 0 Å². The maximum absolute atomic E-state index is 12.0. The lowest BCUT2D eigenvalue weighted by molar-refractivity contribution is -0.141. The van der Waals surface area contributed by atoms with Gasteiger partial charge in [-0.05, 0) is 44.9 Å². The molecule has 4 N–H and O–H groups in total. The van der Waals surface area contributed by atoms with Crippen LogP contribution in [0.2, 0.25) is 0 Å². The molecule has 18 heavy (non-hydrogen) atoms. The predicted octanol–water partition coefficient (Wildman–Crippen LogP) is 0.873. The quantitative estimate of drug-likeness (QED) is 0.697. The van der Waals surface area contributed by atoms with E-state index >= 15 is 0 Å². The van der Waals surface area contributed by atoms with Crippen LogP contribution in [0.15, 0.2) is 0 Å². The molecule has 1 amide bonds. The van der Waals surface area contributed by atoms with Crippen molar-refractivity contribution < 1.29 is 14.7 Å². The Bertz CT molecular complexity index is 324. The van der Waals surface area contributed by atoms with Crippen molar-refractivity contribution in [1.29, 1.82) is 0 Å². The first kappa shape index (κ1) is 13.3. The van der Waals surface area contributed by atoms with Gasteiger partial charge in [0.25, 0.3) is 0 Å². The number of amides is 1. The molecular formula is C13H22N2O3. The van der Waals surface area contributed by atoms with Crippen molar-refractivity contribution in [1.82, 2.24) is 5.32 Å². The van der Waals surface area contributed by atoms with Gasteiger partial charge in [0.05, 0.1) is 5.92 Å². The largest absolute Gasteiger partial charge is 0.481 e. The molecule has 0 unspecified atom stereocenters. The minimum Gasteiger partial charge on any atom is -0.481 e. The number of hydrogen-bond acceptors (Lipinski definition) is 3. The highest BCUT2D eigenvalue weighted by molar-refractivity contribution is 5.79. The Balaban J connectivity index is 1.76. The average molecular weight is 254 g/mol. The molecule has 2 saturated carbocycles. The van der Waals surface area contributed by atoms with Crippen molar-refractivity contribution >= 4 is 11.9 Å². The third-order valence-electron chi connectivity index (χ3n) is 4.27. The summed E-state index contributed by atoms with van der Waals surface area (Å²) < 4.78 is 0. The minimum absolute atomic E-state index is 0.0502. The second-order valence-electron chi connectivity index (χ2n) is 5.67. The number of carbonyl (C=O) groups is 2. The lowest BCUT2D eigenvalue weighted by atomic mass is 9.86. The summed E-state index contributed by atoms with van der Waals surface area (Å²) in [6.45, 7) is 0. The van der Waals surface area contributed by atoms with E-state index in [1.165, 1.54) is 0 Å². The molecule has 2 aliphatic carbocycles. The number of nitrogens with two attached hydrogens (primary N) is 1. The summed E-state index contributed by atoms with van der Waals surface area (Å²) in [5.74, 6) is -0.850. The molecule has 0 spiro atoms. The highest BCUT2D eigenvalue weighted by Gasteiger charge is 2.32. The molecule has 0 radical (unpaired) electrons. The number of rotatable bonds is 3. The summed E-state index contributed by atoms with van der Waals surface area (Å²) >= 11 is 0. The summed E-state index contributed by atoms with van der Waals surface area (Å²) in [4.78, 5) is 22.9. The van der Waals surface area contributed by atoms with Crippen molar-refractivity contribution in [3.05, 3.63) is 0 Å². The second kappa shape index (κ2) is 5.69. The molecule has 2 aliphatic rings. The van der Waals surface area contributed by atoms with Crippen LogP contribution >= 0.6 is 0 Å². The molecule has 102 valence electrons. The molecule has 2 fully saturated rings. The summed E-state index contributed by atoms with van der Waals surface area (Å²) in [5, 5.41) is 11.9. The number of hydrogen-bond donors (Lipinski definition) is 3. The van der Waals surface area contributed by atoms with E-state index in [2.05, 4.69) is 5.32 Å². The van der Waals surface area contributed by atoms with Crippen LogP contribution in [-0.2, 0) is 9.59 Å². The Hall–Kier alpha value is -1.10. The molecule has 0 aliphatic heterocycles. The third kappa shape index (κ3) is 3.22. The smallest absolute Gasteiger partial charge is 0.306 e. The SMILES string of the molecule is NC1CCC(C(=O)N[C@H]2CC[C@@H](C(=O)O)C2)CC1. The normalized spacial score (nSPS) is 36.3. The van der Waals surface area contributed by atoms with E-state index in [0.29, 0.717) is 12.8 Å². The average Bonchev–Trinajstić information content (AvgIpc) is 2.78. The second-order valence-corrected chi connectivity index (χ2v) is 5.67. The summed E-state index contributed by atoms with van der Waals surface area (Å²) in [5.41, 5.74) is 5.82. The van der Waals surface area contributed by atoms with Gasteiger partial charge < -0.3 is 16.2 Å². The minimum atomic E-state index is -0.740. The number of carboxylic acid groups (broad SMARTS) is 1. The topological polar surface area (TPSA) is 92.4 Å². The van der Waals surface area contributed by atoms with Gasteiger partial charge in [-0.2, -0.15) is 0 Å². The van der Waals surface area contributed by atoms with Crippen molar-refractivity contribution in [2.75, 3.05) is 0 Å². The number of carboxylic acids is 1. The molecule has 2 rings (SSSR count). The van der Waals surface area contributed by atoms with Crippen LogP contribution < -0.4 is 11.1 Å². The fourth-order valence-electron chi connectivity index (χ4n) is 3.04. The van der Waals surface area contributed by atoms with Gasteiger partial charge in [-0.1, -0.05) is 0 Å². The van der Waals surface area contributed by atoms with Gasteiger partial charge in [0, 0.05) is 18.0 Å². The first-order valence-corrected chi connectivity index (χ1v) is 6.85. The molecule has 5 nitrogen and oxygen atoms in total. The van der Waals surface area contributed by atoms with Crippen LogP contribution in [-0.4, -0.2) is 29.1 Å². The molecule has 0 bridgehead atoms. The van der Waals surface area contributed by atoms with E-state index < -0.39 is 5.97 Å². The Morgan fingerprint density at radius 1 is 1.00 bits per heavy atom. The highest BCUT2D eigenvalue weighted by atomic mass is 16.4. The van der Waals surface area contributed by atoms with Gasteiger partial charge in [0.2, 0.25) is 5.91 Å². The van der Waals surface area contributed by atoms with Crippen LogP contribution in [0.25, 0.3) is 0 Å². The maximum Gasteiger partial charge on any atom is 0.306 e. The van der Waals surface area contributed by atoms with E-state index in [4.69, 9.17) is 10.8 Å². The monoisotopic (exact) mass is 254 g/mol. The number of aliphatic carboxylic acids is 1. The standard InChI is InChI=1S/C13H22N2O3/c14-10-4-1-8(2-5-10)12(16)15-11-6-3-9(7-11)13(17)18/h8-11H,1-7,14H2,(H,15,16)(H,17,18)/t8?,9-,10?,11+/m1/s1. The van der Waals surface area contributed by atoms with Gasteiger partial charge >= 0.3 is 5.97 Å². The first-order chi connectivity index (χ1) is 8.56. The zero-order chi connectivity index (χ0) is 13.1. The van der Waals surface area contributed by atoms with Gasteiger partial charge in [-0.15, -0.1) is 0 Å². The van der Waals surface area contributed by atoms with Crippen LogP contribution in [0.3, 0.4) is 0 Å². The Morgan fingerprint density at radius 3 is 2.17 bits per heavy atom. The van der Waals surface area contributed by atoms with Crippen molar-refractivity contribution in [3.8, 4) is 0 Å². The summed E-state index contributed by atoms with van der Waals surface area (Å²) in [7, 11) is 0. The van der Waals surface area contributed by atoms with E-state index in [0.717, 1.165) is 32.1 Å². The zero-order valence-electron chi connectivity index (χ0n) is 10.6. The van der Waals surface area contributed by atoms with Crippen LogP contribution in [0.4, 0.5) is 0 Å². The third-order valence-corrected chi connectivity index (χ3v) is 4.27. The lowest BCUT2D eigenvalue weighted by Gasteiger charge is -2.26. The molecule has 2 atom stereocenters. The lowest BCUT2D eigenvalue weighted by Crippen LogP contribution is -2.40. The van der Waals surface area contributed by atoms with Gasteiger partial charge in [0.1, 0.15) is 0 Å².